The summed E-state index contributed by atoms with van der Waals surface area (Å²) in [5.74, 6) is -0.122. The van der Waals surface area contributed by atoms with E-state index in [1.165, 1.54) is 12.1 Å². The molecule has 0 saturated carbocycles. The Hall–Kier alpha value is -1.97. The minimum Gasteiger partial charge on any atom is -0.488 e. The molecule has 0 heterocycles. The lowest BCUT2D eigenvalue weighted by molar-refractivity contribution is -0.139. The maximum Gasteiger partial charge on any atom is 0.419 e. The van der Waals surface area contributed by atoms with Crippen LogP contribution in [0.15, 0.2) is 48.5 Å². The molecule has 2 aromatic rings. The van der Waals surface area contributed by atoms with Crippen molar-refractivity contribution in [1.82, 2.24) is 0 Å². The lowest BCUT2D eigenvalue weighted by atomic mass is 9.86. The molecule has 0 spiro atoms. The van der Waals surface area contributed by atoms with Gasteiger partial charge in [0.25, 0.3) is 0 Å². The summed E-state index contributed by atoms with van der Waals surface area (Å²) in [6, 6.07) is 13.3. The molecule has 0 aliphatic carbocycles. The molecule has 2 rings (SSSR count). The first kappa shape index (κ1) is 16.4. The second kappa shape index (κ2) is 6.03. The molecule has 0 saturated heterocycles. The number of ether oxygens (including phenoxy) is 1. The van der Waals surface area contributed by atoms with Crippen LogP contribution in [0.5, 0.6) is 5.75 Å². The van der Waals surface area contributed by atoms with E-state index in [2.05, 4.69) is 0 Å². The second-order valence-corrected chi connectivity index (χ2v) is 6.23. The predicted molar refractivity (Wildman–Crippen MR) is 80.9 cm³/mol. The molecule has 0 unspecified atom stereocenters. The number of alkyl halides is 3. The highest BCUT2D eigenvalue weighted by molar-refractivity contribution is 5.42. The van der Waals surface area contributed by atoms with Crippen LogP contribution in [0.3, 0.4) is 0 Å². The van der Waals surface area contributed by atoms with Gasteiger partial charge in [-0.2, -0.15) is 13.2 Å². The molecule has 0 atom stereocenters. The molecule has 0 aliphatic rings. The Morgan fingerprint density at radius 2 is 1.55 bits per heavy atom. The van der Waals surface area contributed by atoms with Crippen molar-refractivity contribution in [3.05, 3.63) is 65.2 Å². The van der Waals surface area contributed by atoms with Crippen molar-refractivity contribution in [2.75, 3.05) is 0 Å². The van der Waals surface area contributed by atoms with Gasteiger partial charge >= 0.3 is 6.18 Å². The first-order valence-corrected chi connectivity index (χ1v) is 7.06. The van der Waals surface area contributed by atoms with Gasteiger partial charge in [0.1, 0.15) is 12.4 Å². The van der Waals surface area contributed by atoms with Crippen molar-refractivity contribution in [1.29, 1.82) is 0 Å². The molecule has 1 nitrogen and oxygen atoms in total. The Kier molecular flexibility index (Phi) is 4.50. The van der Waals surface area contributed by atoms with E-state index < -0.39 is 11.7 Å². The zero-order valence-electron chi connectivity index (χ0n) is 12.9. The van der Waals surface area contributed by atoms with Crippen LogP contribution in [0.25, 0.3) is 0 Å². The Morgan fingerprint density at radius 3 is 2.09 bits per heavy atom. The van der Waals surface area contributed by atoms with Crippen LogP contribution >= 0.6 is 0 Å². The lowest BCUT2D eigenvalue weighted by Crippen LogP contribution is -2.14. The van der Waals surface area contributed by atoms with Crippen LogP contribution < -0.4 is 4.74 Å². The third kappa shape index (κ3) is 4.03. The number of hydrogen-bond acceptors (Lipinski definition) is 1. The van der Waals surface area contributed by atoms with Gasteiger partial charge in [-0.25, -0.2) is 0 Å². The smallest absolute Gasteiger partial charge is 0.419 e. The fourth-order valence-electron chi connectivity index (χ4n) is 2.08. The highest BCUT2D eigenvalue weighted by Gasteiger charge is 2.35. The fourth-order valence-corrected chi connectivity index (χ4v) is 2.08. The predicted octanol–water partition coefficient (Wildman–Crippen LogP) is 5.58. The van der Waals surface area contributed by atoms with Crippen molar-refractivity contribution in [3.8, 4) is 5.75 Å². The van der Waals surface area contributed by atoms with Crippen LogP contribution in [0, 0.1) is 0 Å². The van der Waals surface area contributed by atoms with Crippen molar-refractivity contribution < 1.29 is 17.9 Å². The summed E-state index contributed by atoms with van der Waals surface area (Å²) in [4.78, 5) is 0. The van der Waals surface area contributed by atoms with E-state index in [4.69, 9.17) is 4.74 Å². The molecule has 0 N–H and O–H groups in total. The summed E-state index contributed by atoms with van der Waals surface area (Å²) >= 11 is 0. The number of benzene rings is 2. The standard InChI is InChI=1S/C18H19F3O/c1-17(2,3)14-9-10-15(18(19,20)21)16(11-14)22-12-13-7-5-4-6-8-13/h4-11H,12H2,1-3H3. The van der Waals surface area contributed by atoms with Gasteiger partial charge in [-0.1, -0.05) is 57.2 Å². The van der Waals surface area contributed by atoms with Crippen molar-refractivity contribution >= 4 is 0 Å². The zero-order valence-corrected chi connectivity index (χ0v) is 12.9. The van der Waals surface area contributed by atoms with Crippen molar-refractivity contribution in [2.45, 2.75) is 39.0 Å². The second-order valence-electron chi connectivity index (χ2n) is 6.23. The summed E-state index contributed by atoms with van der Waals surface area (Å²) in [5, 5.41) is 0. The summed E-state index contributed by atoms with van der Waals surface area (Å²) in [6.07, 6.45) is -4.43. The largest absolute Gasteiger partial charge is 0.488 e. The van der Waals surface area contributed by atoms with E-state index in [0.29, 0.717) is 0 Å². The Labute approximate surface area is 128 Å². The first-order valence-electron chi connectivity index (χ1n) is 7.06. The highest BCUT2D eigenvalue weighted by atomic mass is 19.4. The minimum atomic E-state index is -4.43. The quantitative estimate of drug-likeness (QED) is 0.719. The molecule has 0 fully saturated rings. The number of hydrogen-bond donors (Lipinski definition) is 0. The maximum absolute atomic E-state index is 13.1. The molecule has 4 heteroatoms. The minimum absolute atomic E-state index is 0.109. The van der Waals surface area contributed by atoms with Crippen molar-refractivity contribution in [3.63, 3.8) is 0 Å². The van der Waals surface area contributed by atoms with Gasteiger partial charge in [0, 0.05) is 0 Å². The van der Waals surface area contributed by atoms with Gasteiger partial charge in [0.05, 0.1) is 5.56 Å². The Balaban J connectivity index is 2.33. The van der Waals surface area contributed by atoms with Gasteiger partial charge < -0.3 is 4.74 Å². The molecule has 0 bridgehead atoms. The normalized spacial score (nSPS) is 12.3. The summed E-state index contributed by atoms with van der Waals surface area (Å²) in [7, 11) is 0. The summed E-state index contributed by atoms with van der Waals surface area (Å²) in [6.45, 7) is 5.97. The van der Waals surface area contributed by atoms with E-state index in [9.17, 15) is 13.2 Å². The van der Waals surface area contributed by atoms with E-state index >= 15 is 0 Å². The molecule has 118 valence electrons. The number of halogens is 3. The summed E-state index contributed by atoms with van der Waals surface area (Å²) < 4.78 is 44.8. The van der Waals surface area contributed by atoms with E-state index in [1.807, 2.05) is 51.1 Å². The van der Waals surface area contributed by atoms with Gasteiger partial charge in [-0.15, -0.1) is 0 Å². The van der Waals surface area contributed by atoms with E-state index in [0.717, 1.165) is 17.2 Å². The zero-order chi connectivity index (χ0) is 16.4. The molecule has 0 aliphatic heterocycles. The molecular formula is C18H19F3O. The van der Waals surface area contributed by atoms with E-state index in [1.54, 1.807) is 0 Å². The highest BCUT2D eigenvalue weighted by Crippen LogP contribution is 2.39. The third-order valence-electron chi connectivity index (χ3n) is 3.39. The van der Waals surface area contributed by atoms with Gasteiger partial charge in [-0.05, 0) is 28.7 Å². The summed E-state index contributed by atoms with van der Waals surface area (Å²) in [5.41, 5.74) is 0.659. The Morgan fingerprint density at radius 1 is 0.909 bits per heavy atom. The topological polar surface area (TPSA) is 9.23 Å². The van der Waals surface area contributed by atoms with Crippen LogP contribution in [-0.2, 0) is 18.2 Å². The van der Waals surface area contributed by atoms with Gasteiger partial charge in [-0.3, -0.25) is 0 Å². The van der Waals surface area contributed by atoms with Gasteiger partial charge in [0.2, 0.25) is 0 Å². The van der Waals surface area contributed by atoms with Crippen LogP contribution in [0.2, 0.25) is 0 Å². The fraction of sp³-hybridized carbons (Fsp3) is 0.333. The van der Waals surface area contributed by atoms with Gasteiger partial charge in [0.15, 0.2) is 0 Å². The van der Waals surface area contributed by atoms with Crippen LogP contribution in [-0.4, -0.2) is 0 Å². The first-order chi connectivity index (χ1) is 10.2. The average molecular weight is 308 g/mol. The molecule has 22 heavy (non-hydrogen) atoms. The molecule has 0 radical (unpaired) electrons. The molecule has 2 aromatic carbocycles. The maximum atomic E-state index is 13.1. The third-order valence-corrected chi connectivity index (χ3v) is 3.39. The Bertz CT molecular complexity index is 625. The van der Waals surface area contributed by atoms with E-state index in [-0.39, 0.29) is 17.8 Å². The lowest BCUT2D eigenvalue weighted by Gasteiger charge is -2.22. The molecular weight excluding hydrogens is 289 g/mol. The molecule has 0 aromatic heterocycles. The van der Waals surface area contributed by atoms with Crippen LogP contribution in [0.1, 0.15) is 37.5 Å². The average Bonchev–Trinajstić information content (AvgIpc) is 2.44. The SMILES string of the molecule is CC(C)(C)c1ccc(C(F)(F)F)c(OCc2ccccc2)c1. The van der Waals surface area contributed by atoms with Crippen molar-refractivity contribution in [2.24, 2.45) is 0 Å². The van der Waals surface area contributed by atoms with Crippen LogP contribution in [0.4, 0.5) is 13.2 Å². The monoisotopic (exact) mass is 308 g/mol. The molecule has 0 amide bonds. The number of rotatable bonds is 3.